The van der Waals surface area contributed by atoms with Crippen LogP contribution in [0.2, 0.25) is 0 Å². The van der Waals surface area contributed by atoms with Crippen LogP contribution in [-0.4, -0.2) is 40.9 Å². The number of esters is 2. The summed E-state index contributed by atoms with van der Waals surface area (Å²) in [5.74, 6) is -2.18. The van der Waals surface area contributed by atoms with Crippen LogP contribution in [0.3, 0.4) is 0 Å². The summed E-state index contributed by atoms with van der Waals surface area (Å²) in [5, 5.41) is 11.1. The number of ketones is 1. The van der Waals surface area contributed by atoms with Crippen LogP contribution in [-0.2, 0) is 9.47 Å². The van der Waals surface area contributed by atoms with Gasteiger partial charge in [0.15, 0.2) is 6.61 Å². The molecule has 154 valence electrons. The van der Waals surface area contributed by atoms with Gasteiger partial charge in [-0.1, -0.05) is 0 Å². The number of benzene rings is 1. The highest BCUT2D eigenvalue weighted by Crippen LogP contribution is 2.22. The third kappa shape index (κ3) is 4.68. The largest absolute Gasteiger partial charge is 0.465 e. The molecule has 29 heavy (non-hydrogen) atoms. The van der Waals surface area contributed by atoms with Gasteiger partial charge in [-0.05, 0) is 39.8 Å². The van der Waals surface area contributed by atoms with Crippen molar-refractivity contribution in [3.63, 3.8) is 0 Å². The van der Waals surface area contributed by atoms with Crippen LogP contribution in [0, 0.1) is 24.0 Å². The lowest BCUT2D eigenvalue weighted by Crippen LogP contribution is -2.16. The van der Waals surface area contributed by atoms with Crippen molar-refractivity contribution in [3.8, 4) is 0 Å². The molecule has 1 aromatic carbocycles. The lowest BCUT2D eigenvalue weighted by atomic mass is 10.1. The molecule has 2 rings (SSSR count). The standard InChI is InChI=1S/C20H22N2O7/c1-11(2)21-12(3)6-17(13(21)4)18(23)10-29-20(25)15-7-14(19(24)28-5)8-16(9-15)22(26)27/h6-9,11H,10H2,1-5H3. The molecular weight excluding hydrogens is 380 g/mol. The molecule has 1 aromatic heterocycles. The van der Waals surface area contributed by atoms with Crippen LogP contribution in [0.15, 0.2) is 24.3 Å². The molecule has 0 aliphatic rings. The number of aromatic nitrogens is 1. The molecule has 9 nitrogen and oxygen atoms in total. The topological polar surface area (TPSA) is 118 Å². The van der Waals surface area contributed by atoms with Gasteiger partial charge in [-0.3, -0.25) is 14.9 Å². The molecule has 0 aliphatic carbocycles. The van der Waals surface area contributed by atoms with Crippen molar-refractivity contribution in [1.29, 1.82) is 0 Å². The molecule has 0 saturated carbocycles. The van der Waals surface area contributed by atoms with Gasteiger partial charge >= 0.3 is 11.9 Å². The van der Waals surface area contributed by atoms with Crippen LogP contribution >= 0.6 is 0 Å². The minimum atomic E-state index is -0.954. The van der Waals surface area contributed by atoms with E-state index < -0.39 is 34.9 Å². The van der Waals surface area contributed by atoms with Gasteiger partial charge in [0.2, 0.25) is 5.78 Å². The summed E-state index contributed by atoms with van der Waals surface area (Å²) in [6, 6.07) is 4.99. The molecule has 0 unspecified atom stereocenters. The second-order valence-corrected chi connectivity index (χ2v) is 6.77. The van der Waals surface area contributed by atoms with Gasteiger partial charge in [-0.15, -0.1) is 0 Å². The fraction of sp³-hybridized carbons (Fsp3) is 0.350. The van der Waals surface area contributed by atoms with Crippen molar-refractivity contribution in [2.45, 2.75) is 33.7 Å². The molecule has 0 spiro atoms. The number of hydrogen-bond donors (Lipinski definition) is 0. The second kappa shape index (κ2) is 8.68. The van der Waals surface area contributed by atoms with E-state index >= 15 is 0 Å². The second-order valence-electron chi connectivity index (χ2n) is 6.77. The average Bonchev–Trinajstić information content (AvgIpc) is 2.98. The predicted octanol–water partition coefficient (Wildman–Crippen LogP) is 3.42. The van der Waals surface area contributed by atoms with Gasteiger partial charge in [0, 0.05) is 35.1 Å². The molecule has 1 heterocycles. The maximum Gasteiger partial charge on any atom is 0.338 e. The Labute approximate surface area is 167 Å². The number of carbonyl (C=O) groups is 3. The average molecular weight is 402 g/mol. The molecule has 0 radical (unpaired) electrons. The van der Waals surface area contributed by atoms with Crippen LogP contribution in [0.4, 0.5) is 5.69 Å². The molecule has 2 aromatic rings. The maximum atomic E-state index is 12.5. The molecule has 0 saturated heterocycles. The Balaban J connectivity index is 2.22. The van der Waals surface area contributed by atoms with Gasteiger partial charge in [-0.25, -0.2) is 9.59 Å². The van der Waals surface area contributed by atoms with E-state index in [0.717, 1.165) is 36.7 Å². The van der Waals surface area contributed by atoms with Gasteiger partial charge < -0.3 is 14.0 Å². The van der Waals surface area contributed by atoms with Crippen LogP contribution < -0.4 is 0 Å². The Morgan fingerprint density at radius 3 is 2.14 bits per heavy atom. The highest BCUT2D eigenvalue weighted by Gasteiger charge is 2.22. The molecule has 0 fully saturated rings. The van der Waals surface area contributed by atoms with Crippen molar-refractivity contribution in [2.24, 2.45) is 0 Å². The zero-order valence-corrected chi connectivity index (χ0v) is 16.8. The van der Waals surface area contributed by atoms with E-state index in [-0.39, 0.29) is 17.2 Å². The Kier molecular flexibility index (Phi) is 6.53. The summed E-state index contributed by atoms with van der Waals surface area (Å²) in [5.41, 5.74) is 1.26. The Hall–Kier alpha value is -3.49. The summed E-state index contributed by atoms with van der Waals surface area (Å²) >= 11 is 0. The van der Waals surface area contributed by atoms with Gasteiger partial charge in [0.05, 0.1) is 23.2 Å². The fourth-order valence-electron chi connectivity index (χ4n) is 3.22. The van der Waals surface area contributed by atoms with Crippen LogP contribution in [0.25, 0.3) is 0 Å². The number of ether oxygens (including phenoxy) is 2. The summed E-state index contributed by atoms with van der Waals surface area (Å²) in [7, 11) is 1.12. The van der Waals surface area contributed by atoms with Crippen molar-refractivity contribution in [1.82, 2.24) is 4.57 Å². The first kappa shape index (κ1) is 21.8. The van der Waals surface area contributed by atoms with Crippen molar-refractivity contribution >= 4 is 23.4 Å². The van der Waals surface area contributed by atoms with E-state index in [0.29, 0.717) is 5.56 Å². The van der Waals surface area contributed by atoms with Crippen LogP contribution in [0.1, 0.15) is 62.4 Å². The molecule has 9 heteroatoms. The zero-order valence-electron chi connectivity index (χ0n) is 16.8. The first-order valence-electron chi connectivity index (χ1n) is 8.83. The third-order valence-corrected chi connectivity index (χ3v) is 4.42. The Morgan fingerprint density at radius 2 is 1.66 bits per heavy atom. The number of methoxy groups -OCH3 is 1. The Bertz CT molecular complexity index is 989. The minimum Gasteiger partial charge on any atom is -0.465 e. The fourth-order valence-corrected chi connectivity index (χ4v) is 3.22. The number of aryl methyl sites for hydroxylation is 1. The number of carbonyl (C=O) groups excluding carboxylic acids is 3. The van der Waals surface area contributed by atoms with Gasteiger partial charge in [-0.2, -0.15) is 0 Å². The predicted molar refractivity (Wildman–Crippen MR) is 103 cm³/mol. The lowest BCUT2D eigenvalue weighted by Gasteiger charge is -2.13. The number of nitrogens with zero attached hydrogens (tertiary/aromatic N) is 2. The van der Waals surface area contributed by atoms with E-state index in [4.69, 9.17) is 4.74 Å². The molecule has 0 N–H and O–H groups in total. The molecule has 0 bridgehead atoms. The van der Waals surface area contributed by atoms with Crippen molar-refractivity contribution in [2.75, 3.05) is 13.7 Å². The summed E-state index contributed by atoms with van der Waals surface area (Å²) in [4.78, 5) is 46.9. The van der Waals surface area contributed by atoms with E-state index in [1.807, 2.05) is 32.3 Å². The summed E-state index contributed by atoms with van der Waals surface area (Å²) in [6.07, 6.45) is 0. The van der Waals surface area contributed by atoms with Crippen molar-refractivity contribution in [3.05, 3.63) is 62.5 Å². The third-order valence-electron chi connectivity index (χ3n) is 4.42. The normalized spacial score (nSPS) is 10.7. The van der Waals surface area contributed by atoms with E-state index in [9.17, 15) is 24.5 Å². The lowest BCUT2D eigenvalue weighted by molar-refractivity contribution is -0.384. The number of nitro groups is 1. The molecule has 0 atom stereocenters. The SMILES string of the molecule is COC(=O)c1cc(C(=O)OCC(=O)c2cc(C)n(C(C)C)c2C)cc([N+](=O)[O-])c1. The highest BCUT2D eigenvalue weighted by atomic mass is 16.6. The first-order chi connectivity index (χ1) is 13.6. The summed E-state index contributed by atoms with van der Waals surface area (Å²) in [6.45, 7) is 7.15. The van der Waals surface area contributed by atoms with Gasteiger partial charge in [0.1, 0.15) is 0 Å². The maximum absolute atomic E-state index is 12.5. The monoisotopic (exact) mass is 402 g/mol. The van der Waals surface area contributed by atoms with Gasteiger partial charge in [0.25, 0.3) is 5.69 Å². The number of nitro benzene ring substituents is 1. The zero-order chi connectivity index (χ0) is 21.9. The highest BCUT2D eigenvalue weighted by molar-refractivity contribution is 6.01. The van der Waals surface area contributed by atoms with E-state index in [1.54, 1.807) is 6.07 Å². The van der Waals surface area contributed by atoms with Crippen molar-refractivity contribution < 1.29 is 28.8 Å². The quantitative estimate of drug-likeness (QED) is 0.301. The smallest absolute Gasteiger partial charge is 0.338 e. The van der Waals surface area contributed by atoms with E-state index in [2.05, 4.69) is 4.74 Å². The number of hydrogen-bond acceptors (Lipinski definition) is 7. The number of rotatable bonds is 7. The van der Waals surface area contributed by atoms with Crippen LogP contribution in [0.5, 0.6) is 0 Å². The molecular formula is C20H22N2O7. The van der Waals surface area contributed by atoms with E-state index in [1.165, 1.54) is 0 Å². The number of Topliss-reactive ketones (excluding diaryl/α,β-unsaturated/α-hetero) is 1. The Morgan fingerprint density at radius 1 is 1.07 bits per heavy atom. The first-order valence-corrected chi connectivity index (χ1v) is 8.83. The molecule has 0 aliphatic heterocycles. The minimum absolute atomic E-state index is 0.166. The number of non-ortho nitro benzene ring substituents is 1. The molecule has 0 amide bonds. The summed E-state index contributed by atoms with van der Waals surface area (Å²) < 4.78 is 11.6.